The fraction of sp³-hybridized carbons (Fsp3) is 0.444. The van der Waals surface area contributed by atoms with Crippen molar-refractivity contribution in [2.75, 3.05) is 13.7 Å². The van der Waals surface area contributed by atoms with E-state index in [9.17, 15) is 14.7 Å². The fourth-order valence-electron chi connectivity index (χ4n) is 2.61. The average molecular weight is 348 g/mol. The van der Waals surface area contributed by atoms with Gasteiger partial charge in [0.1, 0.15) is 0 Å². The van der Waals surface area contributed by atoms with Crippen LogP contribution in [0, 0.1) is 0 Å². The Balaban J connectivity index is 2.51. The van der Waals surface area contributed by atoms with Gasteiger partial charge in [-0.2, -0.15) is 0 Å². The number of nitrogens with one attached hydrogen (secondary N) is 1. The number of hydrogen-bond acceptors (Lipinski definition) is 5. The van der Waals surface area contributed by atoms with Crippen LogP contribution in [0.5, 0.6) is 11.5 Å². The number of nitrogens with zero attached hydrogens (tertiary/aromatic N) is 1. The minimum atomic E-state index is -0.685. The SMILES string of the molecule is CCOc1cc([C@H]2NC(=O)N(C)C(C)=C2C(=O)OC(C)C)ccc1O. The number of hydrogen-bond donors (Lipinski definition) is 2. The third kappa shape index (κ3) is 3.87. The van der Waals surface area contributed by atoms with E-state index in [0.717, 1.165) is 0 Å². The van der Waals surface area contributed by atoms with Crippen LogP contribution in [0.2, 0.25) is 0 Å². The van der Waals surface area contributed by atoms with Gasteiger partial charge in [0.05, 0.1) is 24.3 Å². The van der Waals surface area contributed by atoms with Crippen molar-refractivity contribution in [3.8, 4) is 11.5 Å². The molecule has 1 heterocycles. The Kier molecular flexibility index (Phi) is 5.56. The summed E-state index contributed by atoms with van der Waals surface area (Å²) in [5, 5.41) is 12.7. The smallest absolute Gasteiger partial charge is 0.338 e. The summed E-state index contributed by atoms with van der Waals surface area (Å²) >= 11 is 0. The molecule has 7 nitrogen and oxygen atoms in total. The lowest BCUT2D eigenvalue weighted by Gasteiger charge is -2.33. The summed E-state index contributed by atoms with van der Waals surface area (Å²) in [4.78, 5) is 26.2. The molecule has 7 heteroatoms. The van der Waals surface area contributed by atoms with E-state index in [2.05, 4.69) is 5.32 Å². The molecule has 0 spiro atoms. The highest BCUT2D eigenvalue weighted by atomic mass is 16.5. The number of rotatable bonds is 5. The van der Waals surface area contributed by atoms with Gasteiger partial charge in [0.15, 0.2) is 11.5 Å². The van der Waals surface area contributed by atoms with Crippen molar-refractivity contribution < 1.29 is 24.2 Å². The zero-order valence-electron chi connectivity index (χ0n) is 15.1. The Hall–Kier alpha value is -2.70. The first-order valence-electron chi connectivity index (χ1n) is 8.17. The molecule has 2 rings (SSSR count). The summed E-state index contributed by atoms with van der Waals surface area (Å²) in [7, 11) is 1.59. The minimum Gasteiger partial charge on any atom is -0.504 e. The monoisotopic (exact) mass is 348 g/mol. The average Bonchev–Trinajstić information content (AvgIpc) is 2.53. The summed E-state index contributed by atoms with van der Waals surface area (Å²) in [6.07, 6.45) is -0.282. The number of carbonyl (C=O) groups excluding carboxylic acids is 2. The number of benzene rings is 1. The Labute approximate surface area is 147 Å². The third-order valence-corrected chi connectivity index (χ3v) is 3.93. The first kappa shape index (κ1) is 18.6. The number of esters is 1. The molecular weight excluding hydrogens is 324 g/mol. The van der Waals surface area contributed by atoms with Gasteiger partial charge >= 0.3 is 12.0 Å². The molecule has 1 aromatic carbocycles. The number of ether oxygens (including phenoxy) is 2. The van der Waals surface area contributed by atoms with Crippen LogP contribution in [0.15, 0.2) is 29.5 Å². The molecule has 2 N–H and O–H groups in total. The predicted molar refractivity (Wildman–Crippen MR) is 92.2 cm³/mol. The van der Waals surface area contributed by atoms with Crippen molar-refractivity contribution in [1.29, 1.82) is 0 Å². The summed E-state index contributed by atoms with van der Waals surface area (Å²) < 4.78 is 10.7. The second kappa shape index (κ2) is 7.46. The summed E-state index contributed by atoms with van der Waals surface area (Å²) in [6, 6.07) is 3.73. The number of aromatic hydroxyl groups is 1. The van der Waals surface area contributed by atoms with Crippen molar-refractivity contribution in [1.82, 2.24) is 10.2 Å². The van der Waals surface area contributed by atoms with Crippen molar-refractivity contribution in [3.63, 3.8) is 0 Å². The number of phenols is 1. The lowest BCUT2D eigenvalue weighted by molar-refractivity contribution is -0.143. The van der Waals surface area contributed by atoms with E-state index >= 15 is 0 Å². The van der Waals surface area contributed by atoms with Crippen LogP contribution in [-0.2, 0) is 9.53 Å². The Bertz CT molecular complexity index is 711. The quantitative estimate of drug-likeness (QED) is 0.799. The standard InChI is InChI=1S/C18H24N2O5/c1-6-24-14-9-12(7-8-13(14)21)16-15(17(22)25-10(2)3)11(4)20(5)18(23)19-16/h7-10,16,21H,6H2,1-5H3,(H,19,23)/t16-/m1/s1. The molecule has 1 aliphatic rings. The number of allylic oxidation sites excluding steroid dienone is 1. The topological polar surface area (TPSA) is 88.1 Å². The Morgan fingerprint density at radius 3 is 2.68 bits per heavy atom. The number of urea groups is 1. The Morgan fingerprint density at radius 1 is 1.40 bits per heavy atom. The number of carbonyl (C=O) groups is 2. The van der Waals surface area contributed by atoms with Gasteiger partial charge in [0.2, 0.25) is 0 Å². The van der Waals surface area contributed by atoms with Crippen molar-refractivity contribution >= 4 is 12.0 Å². The molecule has 0 saturated heterocycles. The third-order valence-electron chi connectivity index (χ3n) is 3.93. The molecule has 136 valence electrons. The van der Waals surface area contributed by atoms with Gasteiger partial charge in [-0.3, -0.25) is 0 Å². The summed E-state index contributed by atoms with van der Waals surface area (Å²) in [5.41, 5.74) is 1.49. The first-order valence-corrected chi connectivity index (χ1v) is 8.17. The van der Waals surface area contributed by atoms with E-state index in [4.69, 9.17) is 9.47 Å². The molecule has 0 saturated carbocycles. The lowest BCUT2D eigenvalue weighted by atomic mass is 9.94. The fourth-order valence-corrected chi connectivity index (χ4v) is 2.61. The molecule has 0 fully saturated rings. The molecule has 2 amide bonds. The van der Waals surface area contributed by atoms with Crippen LogP contribution in [0.3, 0.4) is 0 Å². The van der Waals surface area contributed by atoms with E-state index in [1.54, 1.807) is 46.9 Å². The molecule has 1 aromatic rings. The highest BCUT2D eigenvalue weighted by Crippen LogP contribution is 2.35. The zero-order chi connectivity index (χ0) is 18.7. The maximum absolute atomic E-state index is 12.6. The zero-order valence-corrected chi connectivity index (χ0v) is 15.1. The van der Waals surface area contributed by atoms with Crippen LogP contribution in [0.25, 0.3) is 0 Å². The maximum atomic E-state index is 12.6. The largest absolute Gasteiger partial charge is 0.504 e. The highest BCUT2D eigenvalue weighted by molar-refractivity contribution is 5.95. The maximum Gasteiger partial charge on any atom is 0.338 e. The summed E-state index contributed by atoms with van der Waals surface area (Å²) in [6.45, 7) is 7.42. The number of amides is 2. The van der Waals surface area contributed by atoms with E-state index < -0.39 is 12.0 Å². The lowest BCUT2D eigenvalue weighted by Crippen LogP contribution is -2.46. The van der Waals surface area contributed by atoms with E-state index in [0.29, 0.717) is 29.2 Å². The molecule has 0 aromatic heterocycles. The molecule has 0 radical (unpaired) electrons. The van der Waals surface area contributed by atoms with Crippen LogP contribution < -0.4 is 10.1 Å². The van der Waals surface area contributed by atoms with Gasteiger partial charge in [0.25, 0.3) is 0 Å². The van der Waals surface area contributed by atoms with E-state index in [-0.39, 0.29) is 17.9 Å². The van der Waals surface area contributed by atoms with Crippen molar-refractivity contribution in [2.45, 2.75) is 39.8 Å². The summed E-state index contributed by atoms with van der Waals surface area (Å²) in [5.74, 6) is -0.199. The Morgan fingerprint density at radius 2 is 2.08 bits per heavy atom. The minimum absolute atomic E-state index is 0.00291. The second-order valence-electron chi connectivity index (χ2n) is 6.05. The van der Waals surface area contributed by atoms with E-state index in [1.807, 2.05) is 0 Å². The molecular formula is C18H24N2O5. The normalized spacial score (nSPS) is 17.6. The molecule has 0 bridgehead atoms. The van der Waals surface area contributed by atoms with Gasteiger partial charge in [-0.1, -0.05) is 6.07 Å². The molecule has 0 aliphatic carbocycles. The molecule has 1 atom stereocenters. The van der Waals surface area contributed by atoms with Crippen LogP contribution in [0.4, 0.5) is 4.79 Å². The van der Waals surface area contributed by atoms with Gasteiger partial charge in [-0.05, 0) is 45.4 Å². The predicted octanol–water partition coefficient (Wildman–Crippen LogP) is 2.71. The highest BCUT2D eigenvalue weighted by Gasteiger charge is 2.35. The van der Waals surface area contributed by atoms with E-state index in [1.165, 1.54) is 11.0 Å². The van der Waals surface area contributed by atoms with Crippen LogP contribution in [0.1, 0.15) is 39.3 Å². The van der Waals surface area contributed by atoms with Gasteiger partial charge in [0, 0.05) is 12.7 Å². The van der Waals surface area contributed by atoms with Gasteiger partial charge < -0.3 is 24.8 Å². The first-order chi connectivity index (χ1) is 11.8. The molecule has 0 unspecified atom stereocenters. The van der Waals surface area contributed by atoms with Gasteiger partial charge in [-0.15, -0.1) is 0 Å². The molecule has 1 aliphatic heterocycles. The van der Waals surface area contributed by atoms with Crippen LogP contribution >= 0.6 is 0 Å². The second-order valence-corrected chi connectivity index (χ2v) is 6.05. The van der Waals surface area contributed by atoms with Crippen molar-refractivity contribution in [2.24, 2.45) is 0 Å². The van der Waals surface area contributed by atoms with Crippen molar-refractivity contribution in [3.05, 3.63) is 35.0 Å². The van der Waals surface area contributed by atoms with Gasteiger partial charge in [-0.25, -0.2) is 9.59 Å². The molecule has 25 heavy (non-hydrogen) atoms. The number of phenolic OH excluding ortho intramolecular Hbond substituents is 1. The van der Waals surface area contributed by atoms with Crippen LogP contribution in [-0.4, -0.2) is 41.8 Å².